The molecule has 1 N–H and O–H groups in total. The number of hydrogen-bond acceptors (Lipinski definition) is 5. The van der Waals surface area contributed by atoms with Crippen LogP contribution in [0.3, 0.4) is 0 Å². The van der Waals surface area contributed by atoms with Crippen molar-refractivity contribution < 1.29 is 14.3 Å². The zero-order valence-corrected chi connectivity index (χ0v) is 18.1. The van der Waals surface area contributed by atoms with Crippen molar-refractivity contribution in [3.63, 3.8) is 0 Å². The van der Waals surface area contributed by atoms with Crippen LogP contribution in [0.5, 0.6) is 5.75 Å². The molecule has 0 unspecified atom stereocenters. The van der Waals surface area contributed by atoms with Crippen molar-refractivity contribution in [2.45, 2.75) is 6.54 Å². The highest BCUT2D eigenvalue weighted by Crippen LogP contribution is 2.14. The molecule has 4 rings (SSSR count). The molecule has 3 aromatic carbocycles. The molecule has 0 saturated heterocycles. The number of ether oxygens (including phenoxy) is 1. The normalized spacial score (nSPS) is 10.8. The van der Waals surface area contributed by atoms with E-state index < -0.39 is 11.9 Å². The second-order valence-corrected chi connectivity index (χ2v) is 7.49. The number of carbonyl (C=O) groups is 2. The van der Waals surface area contributed by atoms with Crippen LogP contribution in [0.25, 0.3) is 0 Å². The SMILES string of the molecule is O=C(Oc1ccc(C=NNC(=O)c2ccn(Cc3ccc(Cl)cc3)n2)cc1)c1ccccc1. The van der Waals surface area contributed by atoms with Crippen LogP contribution in [0.2, 0.25) is 5.02 Å². The molecule has 7 nitrogen and oxygen atoms in total. The van der Waals surface area contributed by atoms with Crippen LogP contribution in [0.15, 0.2) is 96.2 Å². The molecule has 1 aromatic heterocycles. The third kappa shape index (κ3) is 6.15. The van der Waals surface area contributed by atoms with E-state index in [9.17, 15) is 9.59 Å². The Labute approximate surface area is 195 Å². The van der Waals surface area contributed by atoms with E-state index in [1.54, 1.807) is 65.5 Å². The van der Waals surface area contributed by atoms with Crippen molar-refractivity contribution in [2.75, 3.05) is 0 Å². The van der Waals surface area contributed by atoms with Gasteiger partial charge >= 0.3 is 5.97 Å². The Kier molecular flexibility index (Phi) is 6.92. The average Bonchev–Trinajstić information content (AvgIpc) is 3.31. The fraction of sp³-hybridized carbons (Fsp3) is 0.0400. The number of halogens is 1. The fourth-order valence-corrected chi connectivity index (χ4v) is 3.06. The minimum Gasteiger partial charge on any atom is -0.423 e. The Morgan fingerprint density at radius 1 is 0.970 bits per heavy atom. The summed E-state index contributed by atoms with van der Waals surface area (Å²) in [6, 6.07) is 24.6. The van der Waals surface area contributed by atoms with E-state index in [4.69, 9.17) is 16.3 Å². The van der Waals surface area contributed by atoms with Crippen LogP contribution < -0.4 is 10.2 Å². The average molecular weight is 459 g/mol. The second kappa shape index (κ2) is 10.4. The van der Waals surface area contributed by atoms with E-state index >= 15 is 0 Å². The van der Waals surface area contributed by atoms with E-state index in [-0.39, 0.29) is 5.69 Å². The first-order valence-corrected chi connectivity index (χ1v) is 10.4. The summed E-state index contributed by atoms with van der Waals surface area (Å²) >= 11 is 5.90. The van der Waals surface area contributed by atoms with Gasteiger partial charge in [0.05, 0.1) is 18.3 Å². The molecule has 0 aliphatic rings. The summed E-state index contributed by atoms with van der Waals surface area (Å²) in [5.74, 6) is -0.439. The first-order chi connectivity index (χ1) is 16.1. The summed E-state index contributed by atoms with van der Waals surface area (Å²) in [6.07, 6.45) is 3.22. The maximum atomic E-state index is 12.3. The highest BCUT2D eigenvalue weighted by molar-refractivity contribution is 6.30. The second-order valence-electron chi connectivity index (χ2n) is 7.05. The van der Waals surface area contributed by atoms with E-state index in [1.807, 2.05) is 30.3 Å². The maximum absolute atomic E-state index is 12.3. The van der Waals surface area contributed by atoms with Crippen molar-refractivity contribution >= 4 is 29.7 Å². The molecule has 0 spiro atoms. The van der Waals surface area contributed by atoms with Gasteiger partial charge in [-0.25, -0.2) is 10.2 Å². The number of nitrogens with zero attached hydrogens (tertiary/aromatic N) is 3. The molecule has 0 aliphatic heterocycles. The summed E-state index contributed by atoms with van der Waals surface area (Å²) < 4.78 is 7.00. The molecule has 0 atom stereocenters. The van der Waals surface area contributed by atoms with Crippen LogP contribution in [0.4, 0.5) is 0 Å². The molecule has 0 saturated carbocycles. The number of benzene rings is 3. The number of nitrogens with one attached hydrogen (secondary N) is 1. The fourth-order valence-electron chi connectivity index (χ4n) is 2.93. The van der Waals surface area contributed by atoms with Crippen molar-refractivity contribution in [3.05, 3.63) is 119 Å². The van der Waals surface area contributed by atoms with Crippen molar-refractivity contribution in [2.24, 2.45) is 5.10 Å². The number of carbonyl (C=O) groups excluding carboxylic acids is 2. The van der Waals surface area contributed by atoms with Crippen LogP contribution in [-0.4, -0.2) is 27.9 Å². The highest BCUT2D eigenvalue weighted by atomic mass is 35.5. The van der Waals surface area contributed by atoms with Gasteiger partial charge in [-0.2, -0.15) is 10.2 Å². The van der Waals surface area contributed by atoms with E-state index in [0.717, 1.165) is 11.1 Å². The smallest absolute Gasteiger partial charge is 0.343 e. The molecular weight excluding hydrogens is 440 g/mol. The third-order valence-corrected chi connectivity index (χ3v) is 4.86. The van der Waals surface area contributed by atoms with Gasteiger partial charge in [-0.1, -0.05) is 41.9 Å². The molecule has 0 bridgehead atoms. The number of amides is 1. The lowest BCUT2D eigenvalue weighted by Crippen LogP contribution is -2.18. The van der Waals surface area contributed by atoms with Crippen LogP contribution >= 0.6 is 11.6 Å². The molecule has 1 heterocycles. The Bertz CT molecular complexity index is 1270. The van der Waals surface area contributed by atoms with Gasteiger partial charge in [0.1, 0.15) is 5.75 Å². The molecule has 4 aromatic rings. The van der Waals surface area contributed by atoms with Crippen molar-refractivity contribution in [1.29, 1.82) is 0 Å². The number of hydrogen-bond donors (Lipinski definition) is 1. The summed E-state index contributed by atoms with van der Waals surface area (Å²) in [6.45, 7) is 0.523. The first kappa shape index (κ1) is 22.0. The van der Waals surface area contributed by atoms with Gasteiger partial charge in [-0.15, -0.1) is 0 Å². The Hall–Kier alpha value is -4.23. The van der Waals surface area contributed by atoms with Crippen LogP contribution in [-0.2, 0) is 6.54 Å². The molecule has 1 amide bonds. The zero-order chi connectivity index (χ0) is 23.0. The van der Waals surface area contributed by atoms with Gasteiger partial charge in [0.2, 0.25) is 0 Å². The summed E-state index contributed by atoms with van der Waals surface area (Å²) in [5.41, 5.74) is 4.92. The summed E-state index contributed by atoms with van der Waals surface area (Å²) in [7, 11) is 0. The molecule has 8 heteroatoms. The zero-order valence-electron chi connectivity index (χ0n) is 17.4. The number of esters is 1. The minimum absolute atomic E-state index is 0.254. The van der Waals surface area contributed by atoms with E-state index in [0.29, 0.717) is 22.9 Å². The quantitative estimate of drug-likeness (QED) is 0.190. The van der Waals surface area contributed by atoms with Gasteiger partial charge in [0, 0.05) is 11.2 Å². The summed E-state index contributed by atoms with van der Waals surface area (Å²) in [5, 5.41) is 8.90. The first-order valence-electron chi connectivity index (χ1n) is 10.1. The predicted octanol–water partition coefficient (Wildman–Crippen LogP) is 4.57. The molecule has 0 radical (unpaired) electrons. The van der Waals surface area contributed by atoms with E-state index in [2.05, 4.69) is 15.6 Å². The van der Waals surface area contributed by atoms with Crippen LogP contribution in [0, 0.1) is 0 Å². The van der Waals surface area contributed by atoms with Gasteiger partial charge in [0.25, 0.3) is 5.91 Å². The van der Waals surface area contributed by atoms with Crippen LogP contribution in [0.1, 0.15) is 32.0 Å². The lowest BCUT2D eigenvalue weighted by atomic mass is 10.2. The summed E-state index contributed by atoms with van der Waals surface area (Å²) in [4.78, 5) is 24.4. The van der Waals surface area contributed by atoms with Crippen molar-refractivity contribution in [1.82, 2.24) is 15.2 Å². The molecule has 0 aliphatic carbocycles. The standard InChI is InChI=1S/C25H19ClN4O3/c26-21-10-6-19(7-11-21)17-30-15-14-23(29-30)24(31)28-27-16-18-8-12-22(13-9-18)33-25(32)20-4-2-1-3-5-20/h1-16H,17H2,(H,28,31). The minimum atomic E-state index is -0.431. The van der Waals surface area contributed by atoms with Gasteiger partial charge in [-0.05, 0) is 65.7 Å². The molecule has 0 fully saturated rings. The topological polar surface area (TPSA) is 85.6 Å². The number of rotatable bonds is 7. The molecular formula is C25H19ClN4O3. The lowest BCUT2D eigenvalue weighted by molar-refractivity contribution is 0.0734. The van der Waals surface area contributed by atoms with Gasteiger partial charge in [-0.3, -0.25) is 9.48 Å². The predicted molar refractivity (Wildman–Crippen MR) is 126 cm³/mol. The largest absolute Gasteiger partial charge is 0.423 e. The lowest BCUT2D eigenvalue weighted by Gasteiger charge is -2.04. The Morgan fingerprint density at radius 3 is 2.42 bits per heavy atom. The van der Waals surface area contributed by atoms with Gasteiger partial charge in [0.15, 0.2) is 5.69 Å². The molecule has 33 heavy (non-hydrogen) atoms. The van der Waals surface area contributed by atoms with Gasteiger partial charge < -0.3 is 4.74 Å². The molecule has 164 valence electrons. The van der Waals surface area contributed by atoms with Crippen molar-refractivity contribution in [3.8, 4) is 5.75 Å². The third-order valence-electron chi connectivity index (χ3n) is 4.61. The number of aromatic nitrogens is 2. The Balaban J connectivity index is 1.29. The monoisotopic (exact) mass is 458 g/mol. The Morgan fingerprint density at radius 2 is 1.70 bits per heavy atom. The highest BCUT2D eigenvalue weighted by Gasteiger charge is 2.09. The van der Waals surface area contributed by atoms with E-state index in [1.165, 1.54) is 6.21 Å². The number of hydrazone groups is 1. The maximum Gasteiger partial charge on any atom is 0.343 e.